The monoisotopic (exact) mass is 343 g/mol. The fraction of sp³-hybridized carbons (Fsp3) is 0.526. The van der Waals surface area contributed by atoms with E-state index in [2.05, 4.69) is 16.0 Å². The van der Waals surface area contributed by atoms with Crippen molar-refractivity contribution in [1.29, 1.82) is 0 Å². The van der Waals surface area contributed by atoms with Crippen molar-refractivity contribution < 1.29 is 14.4 Å². The van der Waals surface area contributed by atoms with Gasteiger partial charge in [-0.3, -0.25) is 14.9 Å². The second-order valence-electron chi connectivity index (χ2n) is 7.20. The van der Waals surface area contributed by atoms with Crippen LogP contribution in [0.4, 0.5) is 10.5 Å². The number of urea groups is 1. The summed E-state index contributed by atoms with van der Waals surface area (Å²) in [5.74, 6) is 0.271. The van der Waals surface area contributed by atoms with Gasteiger partial charge in [-0.25, -0.2) is 4.79 Å². The van der Waals surface area contributed by atoms with E-state index in [1.54, 1.807) is 31.2 Å². The number of imide groups is 1. The van der Waals surface area contributed by atoms with Gasteiger partial charge in [0.15, 0.2) is 0 Å². The Morgan fingerprint density at radius 3 is 2.68 bits per heavy atom. The Kier molecular flexibility index (Phi) is 5.06. The summed E-state index contributed by atoms with van der Waals surface area (Å²) in [5.41, 5.74) is 0.169. The van der Waals surface area contributed by atoms with Crippen LogP contribution in [0, 0.1) is 5.92 Å². The van der Waals surface area contributed by atoms with Crippen LogP contribution < -0.4 is 16.0 Å². The van der Waals surface area contributed by atoms with Gasteiger partial charge in [0.05, 0.1) is 0 Å². The third kappa shape index (κ3) is 4.00. The van der Waals surface area contributed by atoms with Gasteiger partial charge in [-0.05, 0) is 37.0 Å². The minimum absolute atomic E-state index is 0.00668. The maximum absolute atomic E-state index is 12.2. The van der Waals surface area contributed by atoms with Gasteiger partial charge in [0.2, 0.25) is 5.91 Å². The molecule has 25 heavy (non-hydrogen) atoms. The molecule has 0 radical (unpaired) electrons. The molecule has 6 heteroatoms. The van der Waals surface area contributed by atoms with Crippen molar-refractivity contribution in [2.75, 3.05) is 5.32 Å². The molecule has 1 saturated carbocycles. The SMILES string of the molecule is C[C@@]1(c2cccc(NC(=O)CCC3CCCCC3)c2)NC(=O)NC1=O. The predicted octanol–water partition coefficient (Wildman–Crippen LogP) is 3.04. The van der Waals surface area contributed by atoms with E-state index in [1.807, 2.05) is 0 Å². The summed E-state index contributed by atoms with van der Waals surface area (Å²) < 4.78 is 0. The highest BCUT2D eigenvalue weighted by atomic mass is 16.2. The fourth-order valence-corrected chi connectivity index (χ4v) is 3.69. The second-order valence-corrected chi connectivity index (χ2v) is 7.20. The molecular weight excluding hydrogens is 318 g/mol. The van der Waals surface area contributed by atoms with Crippen LogP contribution in [0.2, 0.25) is 0 Å². The Bertz CT molecular complexity index is 682. The molecule has 6 nitrogen and oxygen atoms in total. The molecule has 1 aromatic rings. The molecular formula is C19H25N3O3. The molecule has 1 saturated heterocycles. The highest BCUT2D eigenvalue weighted by molar-refractivity contribution is 6.07. The van der Waals surface area contributed by atoms with E-state index in [0.29, 0.717) is 23.6 Å². The Balaban J connectivity index is 1.60. The zero-order valence-electron chi connectivity index (χ0n) is 14.6. The van der Waals surface area contributed by atoms with Crippen LogP contribution in [-0.4, -0.2) is 17.8 Å². The van der Waals surface area contributed by atoms with E-state index < -0.39 is 17.5 Å². The van der Waals surface area contributed by atoms with E-state index in [-0.39, 0.29) is 5.91 Å². The normalized spacial score (nSPS) is 23.9. The topological polar surface area (TPSA) is 87.3 Å². The number of hydrogen-bond acceptors (Lipinski definition) is 3. The van der Waals surface area contributed by atoms with Crippen LogP contribution in [0.5, 0.6) is 0 Å². The van der Waals surface area contributed by atoms with Crippen molar-refractivity contribution in [3.8, 4) is 0 Å². The summed E-state index contributed by atoms with van der Waals surface area (Å²) in [6, 6.07) is 6.57. The van der Waals surface area contributed by atoms with Crippen LogP contribution in [0.1, 0.15) is 57.4 Å². The zero-order valence-corrected chi connectivity index (χ0v) is 14.6. The maximum atomic E-state index is 12.2. The van der Waals surface area contributed by atoms with E-state index in [1.165, 1.54) is 32.1 Å². The standard InChI is InChI=1S/C19H25N3O3/c1-19(17(24)21-18(25)22-19)14-8-5-9-15(12-14)20-16(23)11-10-13-6-3-2-4-7-13/h5,8-9,12-13H,2-4,6-7,10-11H2,1H3,(H,20,23)(H2,21,22,24,25)/t19-/m0/s1. The molecule has 0 aromatic heterocycles. The minimum atomic E-state index is -1.11. The number of benzene rings is 1. The smallest absolute Gasteiger partial charge is 0.322 e. The molecule has 4 amide bonds. The van der Waals surface area contributed by atoms with Crippen molar-refractivity contribution in [3.05, 3.63) is 29.8 Å². The van der Waals surface area contributed by atoms with Crippen molar-refractivity contribution >= 4 is 23.5 Å². The first kappa shape index (κ1) is 17.5. The van der Waals surface area contributed by atoms with E-state index in [0.717, 1.165) is 6.42 Å². The molecule has 3 N–H and O–H groups in total. The van der Waals surface area contributed by atoms with Crippen molar-refractivity contribution in [2.24, 2.45) is 5.92 Å². The third-order valence-corrected chi connectivity index (χ3v) is 5.27. The van der Waals surface area contributed by atoms with Crippen molar-refractivity contribution in [3.63, 3.8) is 0 Å². The molecule has 1 aromatic carbocycles. The number of carbonyl (C=O) groups is 3. The molecule has 3 rings (SSSR count). The van der Waals surface area contributed by atoms with Gasteiger partial charge in [0.25, 0.3) is 5.91 Å². The Labute approximate surface area is 147 Å². The van der Waals surface area contributed by atoms with E-state index >= 15 is 0 Å². The quantitative estimate of drug-likeness (QED) is 0.718. The van der Waals surface area contributed by atoms with Gasteiger partial charge in [-0.15, -0.1) is 0 Å². The third-order valence-electron chi connectivity index (χ3n) is 5.27. The van der Waals surface area contributed by atoms with Crippen LogP contribution in [0.15, 0.2) is 24.3 Å². The summed E-state index contributed by atoms with van der Waals surface area (Å²) >= 11 is 0. The molecule has 0 unspecified atom stereocenters. The van der Waals surface area contributed by atoms with Crippen molar-refractivity contribution in [2.45, 2.75) is 57.4 Å². The Morgan fingerprint density at radius 1 is 1.24 bits per heavy atom. The molecule has 1 heterocycles. The van der Waals surface area contributed by atoms with Crippen molar-refractivity contribution in [1.82, 2.24) is 10.6 Å². The minimum Gasteiger partial charge on any atom is -0.326 e. The lowest BCUT2D eigenvalue weighted by Gasteiger charge is -2.22. The predicted molar refractivity (Wildman–Crippen MR) is 94.9 cm³/mol. The first-order valence-electron chi connectivity index (χ1n) is 9.01. The number of carbonyl (C=O) groups excluding carboxylic acids is 3. The van der Waals surface area contributed by atoms with Gasteiger partial charge < -0.3 is 10.6 Å². The van der Waals surface area contributed by atoms with Gasteiger partial charge >= 0.3 is 6.03 Å². The second kappa shape index (κ2) is 7.25. The lowest BCUT2D eigenvalue weighted by atomic mass is 9.86. The summed E-state index contributed by atoms with van der Waals surface area (Å²) in [6.07, 6.45) is 7.79. The fourth-order valence-electron chi connectivity index (χ4n) is 3.69. The molecule has 0 bridgehead atoms. The molecule has 2 fully saturated rings. The molecule has 134 valence electrons. The van der Waals surface area contributed by atoms with Gasteiger partial charge in [-0.1, -0.05) is 44.2 Å². The first-order chi connectivity index (χ1) is 12.0. The number of nitrogens with one attached hydrogen (secondary N) is 3. The average Bonchev–Trinajstić information content (AvgIpc) is 2.87. The maximum Gasteiger partial charge on any atom is 0.322 e. The first-order valence-corrected chi connectivity index (χ1v) is 9.01. The highest BCUT2D eigenvalue weighted by Crippen LogP contribution is 2.28. The molecule has 1 aliphatic carbocycles. The molecule has 0 spiro atoms. The lowest BCUT2D eigenvalue weighted by molar-refractivity contribution is -0.123. The summed E-state index contributed by atoms with van der Waals surface area (Å²) in [6.45, 7) is 1.65. The number of hydrogen-bond donors (Lipinski definition) is 3. The number of amides is 4. The number of anilines is 1. The number of rotatable bonds is 5. The largest absolute Gasteiger partial charge is 0.326 e. The average molecular weight is 343 g/mol. The van der Waals surface area contributed by atoms with Gasteiger partial charge in [0.1, 0.15) is 5.54 Å². The van der Waals surface area contributed by atoms with Crippen LogP contribution in [0.3, 0.4) is 0 Å². The highest BCUT2D eigenvalue weighted by Gasteiger charge is 2.43. The molecule has 1 atom stereocenters. The Morgan fingerprint density at radius 2 is 2.00 bits per heavy atom. The van der Waals surface area contributed by atoms with E-state index in [9.17, 15) is 14.4 Å². The van der Waals surface area contributed by atoms with Crippen LogP contribution >= 0.6 is 0 Å². The van der Waals surface area contributed by atoms with Crippen LogP contribution in [0.25, 0.3) is 0 Å². The summed E-state index contributed by atoms with van der Waals surface area (Å²) in [7, 11) is 0. The summed E-state index contributed by atoms with van der Waals surface area (Å²) in [5, 5.41) is 7.78. The van der Waals surface area contributed by atoms with Crippen LogP contribution in [-0.2, 0) is 15.1 Å². The van der Waals surface area contributed by atoms with Gasteiger partial charge in [0, 0.05) is 12.1 Å². The zero-order chi connectivity index (χ0) is 17.9. The molecule has 1 aliphatic heterocycles. The van der Waals surface area contributed by atoms with Gasteiger partial charge in [-0.2, -0.15) is 0 Å². The molecule has 2 aliphatic rings. The van der Waals surface area contributed by atoms with E-state index in [4.69, 9.17) is 0 Å². The lowest BCUT2D eigenvalue weighted by Crippen LogP contribution is -2.40. The summed E-state index contributed by atoms with van der Waals surface area (Å²) in [4.78, 5) is 35.7. The Hall–Kier alpha value is -2.37.